The second-order valence-corrected chi connectivity index (χ2v) is 4.38. The minimum Gasteiger partial charge on any atom is -0.303 e. The first-order chi connectivity index (χ1) is 5.75. The number of halogens is 1. The summed E-state index contributed by atoms with van der Waals surface area (Å²) in [5.41, 5.74) is 0. The van der Waals surface area contributed by atoms with E-state index in [1.165, 1.54) is 25.9 Å². The zero-order chi connectivity index (χ0) is 8.55. The molecule has 0 amide bonds. The molecule has 12 heavy (non-hydrogen) atoms. The van der Waals surface area contributed by atoms with E-state index in [1.807, 2.05) is 0 Å². The second-order valence-electron chi connectivity index (χ2n) is 3.96. The van der Waals surface area contributed by atoms with Gasteiger partial charge in [-0.05, 0) is 49.4 Å². The molecule has 3 saturated heterocycles. The van der Waals surface area contributed by atoms with Crippen molar-refractivity contribution in [3.05, 3.63) is 0 Å². The summed E-state index contributed by atoms with van der Waals surface area (Å²) in [7, 11) is 0. The minimum atomic E-state index is -0.159. The fraction of sp³-hybridized carbons (Fsp3) is 0.889. The number of fused-ring (bicyclic) bond motifs is 3. The van der Waals surface area contributed by atoms with Gasteiger partial charge in [-0.25, -0.2) is 0 Å². The van der Waals surface area contributed by atoms with Crippen molar-refractivity contribution in [2.75, 3.05) is 19.6 Å². The molecule has 0 N–H and O–H groups in total. The van der Waals surface area contributed by atoms with Crippen LogP contribution in [0.5, 0.6) is 0 Å². The Morgan fingerprint density at radius 3 is 2.50 bits per heavy atom. The third-order valence-electron chi connectivity index (χ3n) is 3.21. The average Bonchev–Trinajstić information content (AvgIpc) is 2.05. The predicted octanol–water partition coefficient (Wildman–Crippen LogP) is 1.48. The highest BCUT2D eigenvalue weighted by molar-refractivity contribution is 6.63. The van der Waals surface area contributed by atoms with Gasteiger partial charge in [0.25, 0.3) is 0 Å². The smallest absolute Gasteiger partial charge is 0.221 e. The summed E-state index contributed by atoms with van der Waals surface area (Å²) in [5.74, 6) is 1.33. The van der Waals surface area contributed by atoms with Crippen LogP contribution in [0.1, 0.15) is 19.3 Å². The van der Waals surface area contributed by atoms with Crippen LogP contribution in [-0.4, -0.2) is 29.8 Å². The van der Waals surface area contributed by atoms with Crippen LogP contribution in [0.2, 0.25) is 0 Å². The molecule has 68 valence electrons. The van der Waals surface area contributed by atoms with Crippen LogP contribution in [0, 0.1) is 11.8 Å². The molecule has 0 saturated carbocycles. The Hall–Kier alpha value is -0.0800. The highest BCUT2D eigenvalue weighted by Gasteiger charge is 2.34. The van der Waals surface area contributed by atoms with Gasteiger partial charge in [-0.2, -0.15) is 0 Å². The van der Waals surface area contributed by atoms with Crippen LogP contribution in [0.4, 0.5) is 0 Å². The zero-order valence-electron chi connectivity index (χ0n) is 7.13. The maximum absolute atomic E-state index is 10.7. The SMILES string of the molecule is O=C(Cl)CC1CN2CCC1CC2. The van der Waals surface area contributed by atoms with Gasteiger partial charge in [-0.1, -0.05) is 0 Å². The van der Waals surface area contributed by atoms with Crippen LogP contribution in [-0.2, 0) is 4.79 Å². The van der Waals surface area contributed by atoms with Crippen LogP contribution in [0.15, 0.2) is 0 Å². The Bertz CT molecular complexity index is 187. The van der Waals surface area contributed by atoms with E-state index in [9.17, 15) is 4.79 Å². The van der Waals surface area contributed by atoms with E-state index >= 15 is 0 Å². The van der Waals surface area contributed by atoms with E-state index < -0.39 is 0 Å². The van der Waals surface area contributed by atoms with Crippen LogP contribution in [0.3, 0.4) is 0 Å². The van der Waals surface area contributed by atoms with E-state index in [-0.39, 0.29) is 5.24 Å². The molecule has 3 fully saturated rings. The molecule has 1 atom stereocenters. The number of hydrogen-bond donors (Lipinski definition) is 0. The molecule has 1 unspecified atom stereocenters. The first-order valence-corrected chi connectivity index (χ1v) is 5.04. The molecule has 3 rings (SSSR count). The molecule has 2 bridgehead atoms. The molecule has 2 nitrogen and oxygen atoms in total. The highest BCUT2D eigenvalue weighted by atomic mass is 35.5. The average molecular weight is 188 g/mol. The van der Waals surface area contributed by atoms with Gasteiger partial charge in [-0.3, -0.25) is 4.79 Å². The zero-order valence-corrected chi connectivity index (χ0v) is 7.89. The summed E-state index contributed by atoms with van der Waals surface area (Å²) < 4.78 is 0. The Morgan fingerprint density at radius 2 is 2.08 bits per heavy atom. The lowest BCUT2D eigenvalue weighted by molar-refractivity contribution is -0.114. The van der Waals surface area contributed by atoms with Crippen molar-refractivity contribution in [3.63, 3.8) is 0 Å². The van der Waals surface area contributed by atoms with Gasteiger partial charge in [0.1, 0.15) is 0 Å². The van der Waals surface area contributed by atoms with Gasteiger partial charge in [0, 0.05) is 13.0 Å². The van der Waals surface area contributed by atoms with Gasteiger partial charge in [0.2, 0.25) is 5.24 Å². The van der Waals surface area contributed by atoms with Crippen LogP contribution < -0.4 is 0 Å². The van der Waals surface area contributed by atoms with Crippen molar-refractivity contribution >= 4 is 16.8 Å². The van der Waals surface area contributed by atoms with Gasteiger partial charge in [0.05, 0.1) is 0 Å². The molecule has 3 aliphatic heterocycles. The summed E-state index contributed by atoms with van der Waals surface area (Å²) in [6.07, 6.45) is 3.13. The lowest BCUT2D eigenvalue weighted by Crippen LogP contribution is -2.47. The summed E-state index contributed by atoms with van der Waals surface area (Å²) in [6.45, 7) is 3.57. The standard InChI is InChI=1S/C9H14ClNO/c10-9(12)5-8-6-11-3-1-7(8)2-4-11/h7-8H,1-6H2. The number of rotatable bonds is 2. The normalized spacial score (nSPS) is 39.9. The van der Waals surface area contributed by atoms with Crippen molar-refractivity contribution < 1.29 is 4.79 Å². The summed E-state index contributed by atoms with van der Waals surface area (Å²) in [4.78, 5) is 13.2. The number of carbonyl (C=O) groups is 1. The maximum atomic E-state index is 10.7. The number of hydrogen-bond acceptors (Lipinski definition) is 2. The molecule has 3 heterocycles. The Morgan fingerprint density at radius 1 is 1.42 bits per heavy atom. The predicted molar refractivity (Wildman–Crippen MR) is 48.1 cm³/mol. The maximum Gasteiger partial charge on any atom is 0.221 e. The number of carbonyl (C=O) groups excluding carboxylic acids is 1. The van der Waals surface area contributed by atoms with Crippen molar-refractivity contribution in [1.29, 1.82) is 0 Å². The summed E-state index contributed by atoms with van der Waals surface area (Å²) in [6, 6.07) is 0. The quantitative estimate of drug-likeness (QED) is 0.611. The first-order valence-electron chi connectivity index (χ1n) is 4.66. The molecule has 3 aliphatic rings. The van der Waals surface area contributed by atoms with Crippen LogP contribution >= 0.6 is 11.6 Å². The first kappa shape index (κ1) is 8.52. The fourth-order valence-electron chi connectivity index (χ4n) is 2.52. The van der Waals surface area contributed by atoms with E-state index in [0.29, 0.717) is 12.3 Å². The van der Waals surface area contributed by atoms with E-state index in [4.69, 9.17) is 11.6 Å². The van der Waals surface area contributed by atoms with Gasteiger partial charge in [0.15, 0.2) is 0 Å². The molecule has 0 aromatic heterocycles. The lowest BCUT2D eigenvalue weighted by atomic mass is 9.78. The Labute approximate surface area is 77.9 Å². The Kier molecular flexibility index (Phi) is 2.37. The molecule has 0 aromatic rings. The highest BCUT2D eigenvalue weighted by Crippen LogP contribution is 2.34. The lowest BCUT2D eigenvalue weighted by Gasteiger charge is -2.44. The topological polar surface area (TPSA) is 20.3 Å². The Balaban J connectivity index is 1.95. The van der Waals surface area contributed by atoms with Crippen molar-refractivity contribution in [2.45, 2.75) is 19.3 Å². The molecule has 0 radical (unpaired) electrons. The summed E-state index contributed by atoms with van der Waals surface area (Å²) in [5, 5.41) is -0.159. The molecule has 0 aromatic carbocycles. The van der Waals surface area contributed by atoms with Crippen molar-refractivity contribution in [1.82, 2.24) is 4.90 Å². The van der Waals surface area contributed by atoms with E-state index in [1.54, 1.807) is 0 Å². The van der Waals surface area contributed by atoms with Gasteiger partial charge < -0.3 is 4.90 Å². The third kappa shape index (κ3) is 1.64. The molecule has 0 aliphatic carbocycles. The number of nitrogens with zero attached hydrogens (tertiary/aromatic N) is 1. The fourth-order valence-corrected chi connectivity index (χ4v) is 2.72. The number of piperidine rings is 3. The molecule has 0 spiro atoms. The second kappa shape index (κ2) is 3.35. The van der Waals surface area contributed by atoms with Gasteiger partial charge in [-0.15, -0.1) is 0 Å². The minimum absolute atomic E-state index is 0.159. The largest absolute Gasteiger partial charge is 0.303 e. The van der Waals surface area contributed by atoms with E-state index in [0.717, 1.165) is 12.5 Å². The molecular weight excluding hydrogens is 174 g/mol. The van der Waals surface area contributed by atoms with E-state index in [2.05, 4.69) is 4.90 Å². The molecular formula is C9H14ClNO. The van der Waals surface area contributed by atoms with Crippen LogP contribution in [0.25, 0.3) is 0 Å². The van der Waals surface area contributed by atoms with Gasteiger partial charge >= 0.3 is 0 Å². The molecule has 3 heteroatoms. The monoisotopic (exact) mass is 187 g/mol. The van der Waals surface area contributed by atoms with Crippen molar-refractivity contribution in [3.8, 4) is 0 Å². The third-order valence-corrected chi connectivity index (χ3v) is 3.37. The summed E-state index contributed by atoms with van der Waals surface area (Å²) >= 11 is 5.39. The van der Waals surface area contributed by atoms with Crippen molar-refractivity contribution in [2.24, 2.45) is 11.8 Å².